The Bertz CT molecular complexity index is 352. The van der Waals surface area contributed by atoms with Crippen molar-refractivity contribution in [3.05, 3.63) is 0 Å². The first-order valence-electron chi connectivity index (χ1n) is 5.81. The second kappa shape index (κ2) is 9.07. The zero-order chi connectivity index (χ0) is 14.8. The van der Waals surface area contributed by atoms with Gasteiger partial charge in [-0.05, 0) is 6.92 Å². The zero-order valence-corrected chi connectivity index (χ0v) is 11.4. The molecule has 7 heteroatoms. The molecule has 0 aromatic rings. The van der Waals surface area contributed by atoms with Gasteiger partial charge in [0.1, 0.15) is 12.3 Å². The van der Waals surface area contributed by atoms with Crippen LogP contribution in [0.5, 0.6) is 0 Å². The van der Waals surface area contributed by atoms with E-state index in [1.807, 2.05) is 0 Å². The summed E-state index contributed by atoms with van der Waals surface area (Å²) in [5.41, 5.74) is 0. The molecule has 0 aromatic carbocycles. The van der Waals surface area contributed by atoms with E-state index in [9.17, 15) is 19.2 Å². The SMILES string of the molecule is COC(=O)CCN(CC(=O)OC)C(=O)CCC(C)=O. The van der Waals surface area contributed by atoms with Gasteiger partial charge in [0, 0.05) is 19.4 Å². The summed E-state index contributed by atoms with van der Waals surface area (Å²) in [5, 5.41) is 0. The van der Waals surface area contributed by atoms with Crippen LogP contribution in [0.2, 0.25) is 0 Å². The fraction of sp³-hybridized carbons (Fsp3) is 0.667. The molecule has 0 atom stereocenters. The fourth-order valence-electron chi connectivity index (χ4n) is 1.28. The van der Waals surface area contributed by atoms with Gasteiger partial charge < -0.3 is 19.2 Å². The van der Waals surface area contributed by atoms with Crippen LogP contribution in [-0.2, 0) is 28.7 Å². The van der Waals surface area contributed by atoms with Gasteiger partial charge in [0.15, 0.2) is 0 Å². The normalized spacial score (nSPS) is 9.63. The first kappa shape index (κ1) is 17.1. The molecule has 19 heavy (non-hydrogen) atoms. The summed E-state index contributed by atoms with van der Waals surface area (Å²) in [4.78, 5) is 46.0. The summed E-state index contributed by atoms with van der Waals surface area (Å²) in [5.74, 6) is -1.54. The summed E-state index contributed by atoms with van der Waals surface area (Å²) in [7, 11) is 2.45. The van der Waals surface area contributed by atoms with E-state index in [2.05, 4.69) is 9.47 Å². The van der Waals surface area contributed by atoms with Gasteiger partial charge in [-0.3, -0.25) is 14.4 Å². The molecular formula is C12H19NO6. The topological polar surface area (TPSA) is 90.0 Å². The number of nitrogens with zero attached hydrogens (tertiary/aromatic N) is 1. The van der Waals surface area contributed by atoms with Crippen LogP contribution >= 0.6 is 0 Å². The largest absolute Gasteiger partial charge is 0.469 e. The van der Waals surface area contributed by atoms with Gasteiger partial charge in [-0.25, -0.2) is 0 Å². The lowest BCUT2D eigenvalue weighted by Crippen LogP contribution is -2.37. The molecule has 108 valence electrons. The van der Waals surface area contributed by atoms with E-state index in [4.69, 9.17) is 0 Å². The number of hydrogen-bond donors (Lipinski definition) is 0. The lowest BCUT2D eigenvalue weighted by molar-refractivity contribution is -0.149. The van der Waals surface area contributed by atoms with Gasteiger partial charge in [0.05, 0.1) is 20.6 Å². The lowest BCUT2D eigenvalue weighted by Gasteiger charge is -2.20. The molecule has 0 radical (unpaired) electrons. The van der Waals surface area contributed by atoms with Gasteiger partial charge in [-0.15, -0.1) is 0 Å². The molecule has 0 rings (SSSR count). The third kappa shape index (κ3) is 7.91. The maximum Gasteiger partial charge on any atom is 0.325 e. The highest BCUT2D eigenvalue weighted by atomic mass is 16.5. The number of hydrogen-bond acceptors (Lipinski definition) is 6. The standard InChI is InChI=1S/C12H19NO6/c1-9(14)4-5-10(15)13(8-12(17)19-3)7-6-11(16)18-2/h4-8H2,1-3H3. The van der Waals surface area contributed by atoms with Crippen molar-refractivity contribution in [3.8, 4) is 0 Å². The van der Waals surface area contributed by atoms with Crippen molar-refractivity contribution in [2.24, 2.45) is 0 Å². The number of ether oxygens (including phenoxy) is 2. The van der Waals surface area contributed by atoms with E-state index in [-0.39, 0.29) is 44.0 Å². The Labute approximate surface area is 111 Å². The summed E-state index contributed by atoms with van der Waals surface area (Å²) in [6.07, 6.45) is 0.0987. The van der Waals surface area contributed by atoms with Crippen LogP contribution < -0.4 is 0 Å². The highest BCUT2D eigenvalue weighted by molar-refractivity contribution is 5.86. The number of esters is 2. The van der Waals surface area contributed by atoms with Crippen molar-refractivity contribution in [1.29, 1.82) is 0 Å². The van der Waals surface area contributed by atoms with Gasteiger partial charge in [0.2, 0.25) is 5.91 Å². The van der Waals surface area contributed by atoms with E-state index in [1.165, 1.54) is 26.0 Å². The smallest absolute Gasteiger partial charge is 0.325 e. The first-order chi connectivity index (χ1) is 8.90. The molecule has 1 amide bonds. The number of methoxy groups -OCH3 is 2. The molecule has 0 aliphatic rings. The summed E-state index contributed by atoms with van der Waals surface area (Å²) in [6.45, 7) is 1.19. The van der Waals surface area contributed by atoms with Gasteiger partial charge in [0.25, 0.3) is 0 Å². The minimum absolute atomic E-state index is 0.00744. The number of amides is 1. The average Bonchev–Trinajstić information content (AvgIpc) is 2.39. The second-order valence-corrected chi connectivity index (χ2v) is 3.92. The minimum Gasteiger partial charge on any atom is -0.469 e. The van der Waals surface area contributed by atoms with Crippen molar-refractivity contribution < 1.29 is 28.7 Å². The molecule has 0 heterocycles. The summed E-state index contributed by atoms with van der Waals surface area (Å²) < 4.78 is 8.94. The number of carbonyl (C=O) groups excluding carboxylic acids is 4. The highest BCUT2D eigenvalue weighted by Gasteiger charge is 2.19. The molecule has 0 bridgehead atoms. The number of carbonyl (C=O) groups is 4. The molecule has 0 fully saturated rings. The molecule has 0 aromatic heterocycles. The van der Waals surface area contributed by atoms with E-state index in [0.717, 1.165) is 0 Å². The van der Waals surface area contributed by atoms with Gasteiger partial charge >= 0.3 is 11.9 Å². The second-order valence-electron chi connectivity index (χ2n) is 3.92. The van der Waals surface area contributed by atoms with Crippen LogP contribution in [-0.4, -0.2) is 55.8 Å². The van der Waals surface area contributed by atoms with E-state index >= 15 is 0 Å². The number of Topliss-reactive ketones (excluding diaryl/α,β-unsaturated/α-hetero) is 1. The Balaban J connectivity index is 4.46. The van der Waals surface area contributed by atoms with Crippen LogP contribution in [0.1, 0.15) is 26.2 Å². The molecule has 0 unspecified atom stereocenters. The van der Waals surface area contributed by atoms with Crippen molar-refractivity contribution >= 4 is 23.6 Å². The Hall–Kier alpha value is -1.92. The monoisotopic (exact) mass is 273 g/mol. The maximum atomic E-state index is 11.8. The molecule has 0 aliphatic carbocycles. The van der Waals surface area contributed by atoms with E-state index in [1.54, 1.807) is 0 Å². The van der Waals surface area contributed by atoms with Crippen molar-refractivity contribution in [3.63, 3.8) is 0 Å². The van der Waals surface area contributed by atoms with Crippen molar-refractivity contribution in [2.45, 2.75) is 26.2 Å². The third-order valence-corrected chi connectivity index (χ3v) is 2.40. The lowest BCUT2D eigenvalue weighted by atomic mass is 10.2. The molecule has 0 aliphatic heterocycles. The van der Waals surface area contributed by atoms with Crippen LogP contribution in [0.15, 0.2) is 0 Å². The summed E-state index contributed by atoms with van der Waals surface area (Å²) in [6, 6.07) is 0. The van der Waals surface area contributed by atoms with Crippen LogP contribution in [0.3, 0.4) is 0 Å². The maximum absolute atomic E-state index is 11.8. The molecule has 0 N–H and O–H groups in total. The van der Waals surface area contributed by atoms with Gasteiger partial charge in [-0.2, -0.15) is 0 Å². The van der Waals surface area contributed by atoms with E-state index in [0.29, 0.717) is 0 Å². The van der Waals surface area contributed by atoms with E-state index < -0.39 is 11.9 Å². The van der Waals surface area contributed by atoms with Crippen LogP contribution in [0.25, 0.3) is 0 Å². The Morgan fingerprint density at radius 1 is 0.895 bits per heavy atom. The number of ketones is 1. The Kier molecular flexibility index (Phi) is 8.15. The third-order valence-electron chi connectivity index (χ3n) is 2.40. The molecule has 7 nitrogen and oxygen atoms in total. The molecular weight excluding hydrogens is 254 g/mol. The first-order valence-corrected chi connectivity index (χ1v) is 5.81. The zero-order valence-electron chi connectivity index (χ0n) is 11.4. The van der Waals surface area contributed by atoms with Gasteiger partial charge in [-0.1, -0.05) is 0 Å². The number of rotatable bonds is 8. The Morgan fingerprint density at radius 3 is 1.95 bits per heavy atom. The quantitative estimate of drug-likeness (QED) is 0.575. The highest BCUT2D eigenvalue weighted by Crippen LogP contribution is 2.02. The average molecular weight is 273 g/mol. The molecule has 0 saturated carbocycles. The predicted molar refractivity (Wildman–Crippen MR) is 65.1 cm³/mol. The summed E-state index contributed by atoms with van der Waals surface area (Å²) >= 11 is 0. The van der Waals surface area contributed by atoms with Crippen LogP contribution in [0, 0.1) is 0 Å². The van der Waals surface area contributed by atoms with Crippen molar-refractivity contribution in [1.82, 2.24) is 4.90 Å². The fourth-order valence-corrected chi connectivity index (χ4v) is 1.28. The van der Waals surface area contributed by atoms with Crippen molar-refractivity contribution in [2.75, 3.05) is 27.3 Å². The molecule has 0 spiro atoms. The minimum atomic E-state index is -0.582. The Morgan fingerprint density at radius 2 is 1.47 bits per heavy atom. The molecule has 0 saturated heterocycles. The predicted octanol–water partition coefficient (Wildman–Crippen LogP) is -0.0797. The van der Waals surface area contributed by atoms with Crippen LogP contribution in [0.4, 0.5) is 0 Å².